The van der Waals surface area contributed by atoms with Crippen LogP contribution in [0.1, 0.15) is 48.0 Å². The molecule has 1 atom stereocenters. The van der Waals surface area contributed by atoms with Crippen LogP contribution in [0.2, 0.25) is 0 Å². The molecule has 0 spiro atoms. The van der Waals surface area contributed by atoms with E-state index in [1.54, 1.807) is 27.7 Å². The molecule has 0 aromatic heterocycles. The maximum absolute atomic E-state index is 12.7. The van der Waals surface area contributed by atoms with E-state index in [1.165, 1.54) is 13.8 Å². The van der Waals surface area contributed by atoms with Gasteiger partial charge >= 0.3 is 12.1 Å². The number of rotatable bonds is 4. The van der Waals surface area contributed by atoms with Crippen molar-refractivity contribution in [3.05, 3.63) is 0 Å². The maximum Gasteiger partial charge on any atom is 0.407 e. The van der Waals surface area contributed by atoms with Gasteiger partial charge in [-0.25, -0.2) is 4.79 Å². The molecule has 0 fully saturated rings. The molecule has 100 valence electrons. The Morgan fingerprint density at radius 2 is 1.71 bits per heavy atom. The van der Waals surface area contributed by atoms with Crippen molar-refractivity contribution >= 4 is 12.1 Å². The van der Waals surface area contributed by atoms with Gasteiger partial charge in [-0.2, -0.15) is 4.39 Å². The first-order valence-corrected chi connectivity index (χ1v) is 5.63. The van der Waals surface area contributed by atoms with Gasteiger partial charge < -0.3 is 10.1 Å². The second-order valence-corrected chi connectivity index (χ2v) is 5.91. The molecule has 0 rings (SSSR count). The Labute approximate surface area is 102 Å². The smallest absolute Gasteiger partial charge is 0.407 e. The zero-order valence-electron chi connectivity index (χ0n) is 11.4. The molecule has 5 heteroatoms. The van der Waals surface area contributed by atoms with Crippen LogP contribution < -0.4 is 5.32 Å². The van der Waals surface area contributed by atoms with Crippen molar-refractivity contribution in [2.75, 3.05) is 0 Å². The zero-order valence-corrected chi connectivity index (χ0v) is 11.4. The average Bonchev–Trinajstić information content (AvgIpc) is 1.96. The molecule has 4 nitrogen and oxygen atoms in total. The predicted molar refractivity (Wildman–Crippen MR) is 63.3 cm³/mol. The highest BCUT2D eigenvalue weighted by Crippen LogP contribution is 2.24. The summed E-state index contributed by atoms with van der Waals surface area (Å²) in [5.74, 6) is 0. The van der Waals surface area contributed by atoms with Crippen molar-refractivity contribution in [2.45, 2.75) is 59.6 Å². The largest absolute Gasteiger partial charge is 0.444 e. The van der Waals surface area contributed by atoms with Crippen molar-refractivity contribution in [2.24, 2.45) is 5.41 Å². The Morgan fingerprint density at radius 1 is 1.24 bits per heavy atom. The number of hydrogen-bond donors (Lipinski definition) is 1. The van der Waals surface area contributed by atoms with Crippen LogP contribution in [0.4, 0.5) is 9.18 Å². The molecule has 0 saturated heterocycles. The fourth-order valence-corrected chi connectivity index (χ4v) is 1.41. The number of amides is 1. The highest BCUT2D eigenvalue weighted by Gasteiger charge is 2.30. The van der Waals surface area contributed by atoms with Crippen molar-refractivity contribution < 1.29 is 18.7 Å². The predicted octanol–water partition coefficient (Wildman–Crippen LogP) is 2.81. The summed E-state index contributed by atoms with van der Waals surface area (Å²) in [6.45, 7) is 9.98. The van der Waals surface area contributed by atoms with Crippen LogP contribution >= 0.6 is 0 Å². The summed E-state index contributed by atoms with van der Waals surface area (Å²) in [4.78, 5) is 22.1. The van der Waals surface area contributed by atoms with Gasteiger partial charge in [0, 0.05) is 6.04 Å². The highest BCUT2D eigenvalue weighted by molar-refractivity contribution is 5.74. The monoisotopic (exact) mass is 247 g/mol. The van der Waals surface area contributed by atoms with Gasteiger partial charge in [0.15, 0.2) is 0 Å². The lowest BCUT2D eigenvalue weighted by atomic mass is 9.87. The number of hydrogen-bond acceptors (Lipinski definition) is 3. The quantitative estimate of drug-likeness (QED) is 0.777. The van der Waals surface area contributed by atoms with Gasteiger partial charge in [-0.05, 0) is 34.1 Å². The zero-order chi connectivity index (χ0) is 13.9. The molecule has 17 heavy (non-hydrogen) atoms. The number of carbonyl (C=O) groups is 2. The molecule has 0 aliphatic heterocycles. The average molecular weight is 247 g/mol. The highest BCUT2D eigenvalue weighted by atomic mass is 19.1. The first-order chi connectivity index (χ1) is 7.44. The number of halogens is 1. The van der Waals surface area contributed by atoms with Gasteiger partial charge in [-0.1, -0.05) is 13.8 Å². The summed E-state index contributed by atoms with van der Waals surface area (Å²) in [6, 6.07) is -1.71. The normalized spacial score (nSPS) is 14.1. The van der Waals surface area contributed by atoms with Crippen LogP contribution in [0.25, 0.3) is 0 Å². The van der Waals surface area contributed by atoms with E-state index in [0.717, 1.165) is 0 Å². The molecule has 0 radical (unpaired) electrons. The van der Waals surface area contributed by atoms with E-state index in [9.17, 15) is 14.0 Å². The molecule has 0 bridgehead atoms. The number of alkyl carbamates (subject to hydrolysis) is 1. The molecule has 0 saturated carbocycles. The van der Waals surface area contributed by atoms with E-state index in [1.807, 2.05) is 0 Å². The third-order valence-electron chi connectivity index (χ3n) is 2.11. The number of nitrogens with one attached hydrogen (secondary N) is 1. The van der Waals surface area contributed by atoms with Gasteiger partial charge in [-0.3, -0.25) is 4.79 Å². The van der Waals surface area contributed by atoms with Crippen LogP contribution in [0.15, 0.2) is 0 Å². The topological polar surface area (TPSA) is 55.4 Å². The lowest BCUT2D eigenvalue weighted by Crippen LogP contribution is -2.40. The van der Waals surface area contributed by atoms with Gasteiger partial charge in [-0.15, -0.1) is 0 Å². The van der Waals surface area contributed by atoms with Gasteiger partial charge in [0.2, 0.25) is 0 Å². The van der Waals surface area contributed by atoms with Gasteiger partial charge in [0.1, 0.15) is 5.60 Å². The first-order valence-electron chi connectivity index (χ1n) is 5.63. The summed E-state index contributed by atoms with van der Waals surface area (Å²) < 4.78 is 17.7. The molecule has 0 aromatic rings. The number of ether oxygens (including phenoxy) is 1. The van der Waals surface area contributed by atoms with E-state index in [4.69, 9.17) is 4.74 Å². The molecule has 1 N–H and O–H groups in total. The maximum atomic E-state index is 12.7. The first kappa shape index (κ1) is 15.9. The summed E-state index contributed by atoms with van der Waals surface area (Å²) in [7, 11) is 0. The molecule has 0 aliphatic rings. The van der Waals surface area contributed by atoms with E-state index in [2.05, 4.69) is 5.32 Å². The molecule has 0 aliphatic carbocycles. The van der Waals surface area contributed by atoms with E-state index in [-0.39, 0.29) is 12.5 Å². The van der Waals surface area contributed by atoms with Crippen LogP contribution in [-0.4, -0.2) is 23.8 Å². The lowest BCUT2D eigenvalue weighted by molar-refractivity contribution is -0.139. The lowest BCUT2D eigenvalue weighted by Gasteiger charge is -2.25. The van der Waals surface area contributed by atoms with E-state index < -0.39 is 23.1 Å². The van der Waals surface area contributed by atoms with Crippen LogP contribution in [-0.2, 0) is 9.53 Å². The Hall–Kier alpha value is -1.13. The third kappa shape index (κ3) is 6.92. The van der Waals surface area contributed by atoms with E-state index in [0.29, 0.717) is 0 Å². The summed E-state index contributed by atoms with van der Waals surface area (Å²) >= 11 is 0. The fourth-order valence-electron chi connectivity index (χ4n) is 1.41. The van der Waals surface area contributed by atoms with Crippen LogP contribution in [0.3, 0.4) is 0 Å². The molecule has 1 unspecified atom stereocenters. The molecule has 0 aromatic carbocycles. The van der Waals surface area contributed by atoms with Crippen molar-refractivity contribution in [1.29, 1.82) is 0 Å². The minimum Gasteiger partial charge on any atom is -0.444 e. The van der Waals surface area contributed by atoms with Gasteiger partial charge in [0.25, 0.3) is 0 Å². The summed E-state index contributed by atoms with van der Waals surface area (Å²) in [6.07, 6.45) is -0.339. The van der Waals surface area contributed by atoms with Crippen molar-refractivity contribution in [3.8, 4) is 0 Å². The Kier molecular flexibility index (Phi) is 5.11. The van der Waals surface area contributed by atoms with Crippen molar-refractivity contribution in [1.82, 2.24) is 5.32 Å². The Morgan fingerprint density at radius 3 is 2.06 bits per heavy atom. The fraction of sp³-hybridized carbons (Fsp3) is 0.833. The van der Waals surface area contributed by atoms with Gasteiger partial charge in [0.05, 0.1) is 5.41 Å². The molecular formula is C12H22FNO3. The van der Waals surface area contributed by atoms with Crippen LogP contribution in [0.5, 0.6) is 0 Å². The summed E-state index contributed by atoms with van der Waals surface area (Å²) in [5.41, 5.74) is -1.66. The molecular weight excluding hydrogens is 225 g/mol. The molecule has 1 amide bonds. The Balaban J connectivity index is 4.24. The standard InChI is InChI=1S/C12H22FNO3/c1-8(7-12(5,6)9(13)15)14-10(16)17-11(2,3)4/h8H,7H2,1-6H3,(H,14,16). The number of carbonyl (C=O) groups excluding carboxylic acids is 2. The second-order valence-electron chi connectivity index (χ2n) is 5.91. The second kappa shape index (κ2) is 5.47. The summed E-state index contributed by atoms with van der Waals surface area (Å²) in [5, 5.41) is 2.57. The minimum absolute atomic E-state index is 0.224. The minimum atomic E-state index is -1.38. The van der Waals surface area contributed by atoms with Crippen LogP contribution in [0, 0.1) is 5.41 Å². The van der Waals surface area contributed by atoms with Crippen molar-refractivity contribution in [3.63, 3.8) is 0 Å². The Bertz CT molecular complexity index is 295. The third-order valence-corrected chi connectivity index (χ3v) is 2.11. The van der Waals surface area contributed by atoms with E-state index >= 15 is 0 Å². The molecule has 0 heterocycles. The SMILES string of the molecule is CC(CC(C)(C)C(=O)F)NC(=O)OC(C)(C)C.